The molecular weight excluding hydrogens is 216 g/mol. The topological polar surface area (TPSA) is 44.1 Å². The molecule has 4 heteroatoms. The zero-order valence-corrected chi connectivity index (χ0v) is 11.4. The van der Waals surface area contributed by atoms with E-state index in [-0.39, 0.29) is 5.78 Å². The van der Waals surface area contributed by atoms with E-state index in [1.165, 1.54) is 0 Å². The van der Waals surface area contributed by atoms with Gasteiger partial charge in [-0.2, -0.15) is 5.10 Å². The van der Waals surface area contributed by atoms with Crippen molar-refractivity contribution in [2.45, 2.75) is 52.2 Å². The van der Waals surface area contributed by atoms with E-state index in [1.54, 1.807) is 7.11 Å². The molecule has 96 valence electrons. The summed E-state index contributed by atoms with van der Waals surface area (Å²) in [5.74, 6) is 0.0801. The molecule has 17 heavy (non-hydrogen) atoms. The van der Waals surface area contributed by atoms with Crippen LogP contribution < -0.4 is 0 Å². The Balaban J connectivity index is 2.74. The fourth-order valence-corrected chi connectivity index (χ4v) is 1.57. The first-order valence-corrected chi connectivity index (χ1v) is 6.05. The van der Waals surface area contributed by atoms with Crippen LogP contribution in [0, 0.1) is 0 Å². The van der Waals surface area contributed by atoms with Gasteiger partial charge >= 0.3 is 0 Å². The van der Waals surface area contributed by atoms with Crippen LogP contribution in [0.3, 0.4) is 0 Å². The molecule has 0 radical (unpaired) electrons. The van der Waals surface area contributed by atoms with Crippen LogP contribution in [0.5, 0.6) is 0 Å². The number of nitrogens with zero attached hydrogens (tertiary/aromatic N) is 2. The van der Waals surface area contributed by atoms with Gasteiger partial charge in [0.1, 0.15) is 5.60 Å². The molecule has 0 fully saturated rings. The van der Waals surface area contributed by atoms with Crippen LogP contribution in [-0.2, 0) is 16.0 Å². The van der Waals surface area contributed by atoms with Crippen LogP contribution in [0.4, 0.5) is 0 Å². The van der Waals surface area contributed by atoms with Crippen molar-refractivity contribution in [2.24, 2.45) is 0 Å². The summed E-state index contributed by atoms with van der Waals surface area (Å²) in [5.41, 5.74) is 0.113. The zero-order chi connectivity index (χ0) is 13.1. The average Bonchev–Trinajstić information content (AvgIpc) is 2.76. The second-order valence-electron chi connectivity index (χ2n) is 4.77. The highest BCUT2D eigenvalue weighted by molar-refractivity contribution is 5.88. The van der Waals surface area contributed by atoms with Gasteiger partial charge in [0, 0.05) is 19.3 Å². The van der Waals surface area contributed by atoms with Gasteiger partial charge in [0.05, 0.1) is 12.1 Å². The van der Waals surface area contributed by atoms with Crippen molar-refractivity contribution in [1.29, 1.82) is 0 Å². The fraction of sp³-hybridized carbons (Fsp3) is 0.692. The lowest BCUT2D eigenvalue weighted by Crippen LogP contribution is -2.38. The predicted octanol–water partition coefficient (Wildman–Crippen LogP) is 2.39. The van der Waals surface area contributed by atoms with Crippen molar-refractivity contribution in [3.63, 3.8) is 0 Å². The van der Waals surface area contributed by atoms with E-state index < -0.39 is 5.60 Å². The summed E-state index contributed by atoms with van der Waals surface area (Å²) in [6.45, 7) is 7.90. The maximum absolute atomic E-state index is 12.1. The highest BCUT2D eigenvalue weighted by atomic mass is 16.5. The quantitative estimate of drug-likeness (QED) is 0.764. The maximum Gasteiger partial charge on any atom is 0.170 e. The molecular formula is C13H22N2O2. The average molecular weight is 238 g/mol. The lowest BCUT2D eigenvalue weighted by Gasteiger charge is -2.24. The normalized spacial score (nSPS) is 14.9. The molecule has 0 saturated carbocycles. The third-order valence-electron chi connectivity index (χ3n) is 3.25. The standard InChI is InChI=1S/C13H22N2O2/c1-6-13(4,17-5)12(16)9-11-7-8-15(14-11)10(2)3/h7-8,10H,6,9H2,1-5H3. The lowest BCUT2D eigenvalue weighted by molar-refractivity contribution is -0.138. The molecule has 0 N–H and O–H groups in total. The van der Waals surface area contributed by atoms with Gasteiger partial charge in [-0.3, -0.25) is 9.48 Å². The number of rotatable bonds is 6. The van der Waals surface area contributed by atoms with Crippen molar-refractivity contribution < 1.29 is 9.53 Å². The van der Waals surface area contributed by atoms with Crippen LogP contribution in [-0.4, -0.2) is 28.3 Å². The number of ether oxygens (including phenoxy) is 1. The molecule has 0 aliphatic carbocycles. The molecule has 0 bridgehead atoms. The Morgan fingerprint density at radius 3 is 2.65 bits per heavy atom. The second-order valence-corrected chi connectivity index (χ2v) is 4.77. The maximum atomic E-state index is 12.1. The third-order valence-corrected chi connectivity index (χ3v) is 3.25. The molecule has 1 aromatic heterocycles. The minimum Gasteiger partial charge on any atom is -0.371 e. The molecule has 1 aromatic rings. The summed E-state index contributed by atoms with van der Waals surface area (Å²) in [4.78, 5) is 12.1. The van der Waals surface area contributed by atoms with E-state index in [9.17, 15) is 4.79 Å². The minimum absolute atomic E-state index is 0.0801. The summed E-state index contributed by atoms with van der Waals surface area (Å²) in [7, 11) is 1.58. The number of ketones is 1. The summed E-state index contributed by atoms with van der Waals surface area (Å²) in [6, 6.07) is 2.21. The molecule has 1 unspecified atom stereocenters. The number of carbonyl (C=O) groups excluding carboxylic acids is 1. The number of hydrogen-bond donors (Lipinski definition) is 0. The minimum atomic E-state index is -0.693. The van der Waals surface area contributed by atoms with Crippen LogP contribution in [0.1, 0.15) is 45.9 Å². The van der Waals surface area contributed by atoms with E-state index >= 15 is 0 Å². The first kappa shape index (κ1) is 13.9. The van der Waals surface area contributed by atoms with E-state index in [4.69, 9.17) is 4.74 Å². The molecule has 1 atom stereocenters. The van der Waals surface area contributed by atoms with Gasteiger partial charge < -0.3 is 4.74 Å². The number of Topliss-reactive ketones (excluding diaryl/α,β-unsaturated/α-hetero) is 1. The SMILES string of the molecule is CCC(C)(OC)C(=O)Cc1ccn(C(C)C)n1. The van der Waals surface area contributed by atoms with Crippen LogP contribution in [0.2, 0.25) is 0 Å². The van der Waals surface area contributed by atoms with Crippen LogP contribution >= 0.6 is 0 Å². The van der Waals surface area contributed by atoms with Crippen molar-refractivity contribution in [3.05, 3.63) is 18.0 Å². The Morgan fingerprint density at radius 1 is 1.59 bits per heavy atom. The van der Waals surface area contributed by atoms with E-state index in [2.05, 4.69) is 18.9 Å². The van der Waals surface area contributed by atoms with Crippen molar-refractivity contribution in [3.8, 4) is 0 Å². The smallest absolute Gasteiger partial charge is 0.170 e. The van der Waals surface area contributed by atoms with Crippen LogP contribution in [0.25, 0.3) is 0 Å². The Hall–Kier alpha value is -1.16. The van der Waals surface area contributed by atoms with Gasteiger partial charge in [-0.1, -0.05) is 6.92 Å². The third kappa shape index (κ3) is 3.16. The van der Waals surface area contributed by atoms with Crippen molar-refractivity contribution in [2.75, 3.05) is 7.11 Å². The Morgan fingerprint density at radius 2 is 2.24 bits per heavy atom. The van der Waals surface area contributed by atoms with Gasteiger partial charge in [0.15, 0.2) is 5.78 Å². The van der Waals surface area contributed by atoms with E-state index in [0.717, 1.165) is 5.69 Å². The molecule has 4 nitrogen and oxygen atoms in total. The highest BCUT2D eigenvalue weighted by Crippen LogP contribution is 2.18. The van der Waals surface area contributed by atoms with Crippen LogP contribution in [0.15, 0.2) is 12.3 Å². The van der Waals surface area contributed by atoms with Crippen molar-refractivity contribution >= 4 is 5.78 Å². The largest absolute Gasteiger partial charge is 0.371 e. The van der Waals surface area contributed by atoms with Crippen molar-refractivity contribution in [1.82, 2.24) is 9.78 Å². The highest BCUT2D eigenvalue weighted by Gasteiger charge is 2.30. The monoisotopic (exact) mass is 238 g/mol. The van der Waals surface area contributed by atoms with E-state index in [1.807, 2.05) is 30.8 Å². The number of hydrogen-bond acceptors (Lipinski definition) is 3. The lowest BCUT2D eigenvalue weighted by atomic mass is 9.94. The molecule has 0 amide bonds. The molecule has 0 aliphatic rings. The van der Waals surface area contributed by atoms with Gasteiger partial charge in [0.2, 0.25) is 0 Å². The molecule has 0 aliphatic heterocycles. The summed E-state index contributed by atoms with van der Waals surface area (Å²) in [6.07, 6.45) is 2.91. The van der Waals surface area contributed by atoms with Gasteiger partial charge in [-0.05, 0) is 33.3 Å². The summed E-state index contributed by atoms with van der Waals surface area (Å²) in [5, 5.41) is 4.37. The molecule has 1 rings (SSSR count). The Kier molecular flexibility index (Phi) is 4.46. The predicted molar refractivity (Wildman–Crippen MR) is 67.0 cm³/mol. The number of methoxy groups -OCH3 is 1. The number of carbonyl (C=O) groups is 1. The Labute approximate surface area is 103 Å². The second kappa shape index (κ2) is 5.45. The van der Waals surface area contributed by atoms with Gasteiger partial charge in [-0.25, -0.2) is 0 Å². The van der Waals surface area contributed by atoms with Gasteiger partial charge in [0.25, 0.3) is 0 Å². The first-order chi connectivity index (χ1) is 7.92. The number of aromatic nitrogens is 2. The molecule has 0 spiro atoms. The molecule has 1 heterocycles. The van der Waals surface area contributed by atoms with E-state index in [0.29, 0.717) is 18.9 Å². The molecule has 0 aromatic carbocycles. The van der Waals surface area contributed by atoms with Gasteiger partial charge in [-0.15, -0.1) is 0 Å². The fourth-order valence-electron chi connectivity index (χ4n) is 1.57. The molecule has 0 saturated heterocycles. The zero-order valence-electron chi connectivity index (χ0n) is 11.4. The summed E-state index contributed by atoms with van der Waals surface area (Å²) < 4.78 is 7.15. The Bertz CT molecular complexity index is 379. The first-order valence-electron chi connectivity index (χ1n) is 6.05. The summed E-state index contributed by atoms with van der Waals surface area (Å²) >= 11 is 0.